The van der Waals surface area contributed by atoms with Crippen molar-refractivity contribution in [1.82, 2.24) is 0 Å². The summed E-state index contributed by atoms with van der Waals surface area (Å²) in [4.78, 5) is 12.8. The Morgan fingerprint density at radius 2 is 1.88 bits per heavy atom. The van der Waals surface area contributed by atoms with Crippen molar-refractivity contribution in [3.8, 4) is 0 Å². The van der Waals surface area contributed by atoms with E-state index in [4.69, 9.17) is 4.74 Å². The molecule has 1 heterocycles. The SMILES string of the molecule is CCCCCC(C[N+]1(C)CCOCC1)C(=O)/C=C/c1ccccc1.[Br-]. The smallest absolute Gasteiger partial charge is 0.164 e. The van der Waals surface area contributed by atoms with Gasteiger partial charge in [-0.25, -0.2) is 0 Å². The third-order valence-corrected chi connectivity index (χ3v) is 5.01. The summed E-state index contributed by atoms with van der Waals surface area (Å²) in [6.07, 6.45) is 8.29. The summed E-state index contributed by atoms with van der Waals surface area (Å²) in [6.45, 7) is 6.80. The van der Waals surface area contributed by atoms with Gasteiger partial charge in [0.15, 0.2) is 5.78 Å². The number of nitrogens with zero attached hydrogens (tertiary/aromatic N) is 1. The molecule has 0 bridgehead atoms. The largest absolute Gasteiger partial charge is 1.00 e. The second-order valence-corrected chi connectivity index (χ2v) is 7.20. The number of hydrogen-bond acceptors (Lipinski definition) is 2. The van der Waals surface area contributed by atoms with Gasteiger partial charge in [0.1, 0.15) is 13.1 Å². The summed E-state index contributed by atoms with van der Waals surface area (Å²) < 4.78 is 6.46. The molecule has 3 nitrogen and oxygen atoms in total. The zero-order valence-electron chi connectivity index (χ0n) is 15.6. The van der Waals surface area contributed by atoms with Crippen LogP contribution in [-0.4, -0.2) is 50.2 Å². The van der Waals surface area contributed by atoms with E-state index in [1.54, 1.807) is 6.08 Å². The molecule has 140 valence electrons. The van der Waals surface area contributed by atoms with E-state index in [1.807, 2.05) is 36.4 Å². The maximum absolute atomic E-state index is 12.8. The highest BCUT2D eigenvalue weighted by molar-refractivity contribution is 5.95. The first-order chi connectivity index (χ1) is 11.6. The summed E-state index contributed by atoms with van der Waals surface area (Å²) in [7, 11) is 2.27. The molecular formula is C21H32BrNO2. The highest BCUT2D eigenvalue weighted by Crippen LogP contribution is 2.19. The fourth-order valence-corrected chi connectivity index (χ4v) is 3.34. The molecule has 0 aromatic heterocycles. The fraction of sp³-hybridized carbons (Fsp3) is 0.571. The monoisotopic (exact) mass is 409 g/mol. The second kappa shape index (κ2) is 11.6. The molecule has 1 fully saturated rings. The molecule has 0 aliphatic carbocycles. The molecule has 1 aromatic rings. The highest BCUT2D eigenvalue weighted by atomic mass is 79.9. The number of likely N-dealkylation sites (N-methyl/N-ethyl adjacent to an activating group) is 1. The number of halogens is 1. The number of carbonyl (C=O) groups excluding carboxylic acids is 1. The van der Waals surface area contributed by atoms with Crippen molar-refractivity contribution in [2.75, 3.05) is 39.9 Å². The van der Waals surface area contributed by atoms with Gasteiger partial charge in [-0.05, 0) is 18.1 Å². The Morgan fingerprint density at radius 3 is 2.52 bits per heavy atom. The third kappa shape index (κ3) is 7.85. The minimum absolute atomic E-state index is 0. The Bertz CT molecular complexity index is 524. The van der Waals surface area contributed by atoms with E-state index < -0.39 is 0 Å². The Kier molecular flexibility index (Phi) is 10.2. The van der Waals surface area contributed by atoms with Gasteiger partial charge < -0.3 is 26.2 Å². The van der Waals surface area contributed by atoms with Crippen molar-refractivity contribution in [3.05, 3.63) is 42.0 Å². The predicted octanol–water partition coefficient (Wildman–Crippen LogP) is 0.946. The molecule has 2 rings (SSSR count). The summed E-state index contributed by atoms with van der Waals surface area (Å²) >= 11 is 0. The van der Waals surface area contributed by atoms with Gasteiger partial charge >= 0.3 is 0 Å². The average molecular weight is 410 g/mol. The summed E-state index contributed by atoms with van der Waals surface area (Å²) in [5.74, 6) is 0.403. The molecule has 1 aromatic carbocycles. The first-order valence-corrected chi connectivity index (χ1v) is 9.31. The number of allylic oxidation sites excluding steroid dienone is 1. The molecular weight excluding hydrogens is 378 g/mol. The number of ether oxygens (including phenoxy) is 1. The lowest BCUT2D eigenvalue weighted by atomic mass is 9.94. The first-order valence-electron chi connectivity index (χ1n) is 9.31. The van der Waals surface area contributed by atoms with Crippen molar-refractivity contribution < 1.29 is 31.0 Å². The normalized spacial score (nSPS) is 17.8. The van der Waals surface area contributed by atoms with Crippen molar-refractivity contribution in [2.45, 2.75) is 32.6 Å². The molecule has 1 aliphatic rings. The van der Waals surface area contributed by atoms with E-state index in [-0.39, 0.29) is 28.7 Å². The quantitative estimate of drug-likeness (QED) is 0.344. The number of rotatable bonds is 9. The number of unbranched alkanes of at least 4 members (excludes halogenated alkanes) is 2. The van der Waals surface area contributed by atoms with Gasteiger partial charge in [0.2, 0.25) is 0 Å². The van der Waals surface area contributed by atoms with Crippen molar-refractivity contribution in [1.29, 1.82) is 0 Å². The van der Waals surface area contributed by atoms with Crippen molar-refractivity contribution in [2.24, 2.45) is 5.92 Å². The number of carbonyl (C=O) groups is 1. The zero-order valence-corrected chi connectivity index (χ0v) is 17.2. The van der Waals surface area contributed by atoms with Crippen LogP contribution in [0, 0.1) is 5.92 Å². The lowest BCUT2D eigenvalue weighted by molar-refractivity contribution is -0.919. The Hall–Kier alpha value is -0.970. The van der Waals surface area contributed by atoms with Crippen molar-refractivity contribution >= 4 is 11.9 Å². The van der Waals surface area contributed by atoms with Gasteiger partial charge in [0, 0.05) is 0 Å². The number of morpholine rings is 1. The number of quaternary nitrogens is 1. The Morgan fingerprint density at radius 1 is 1.20 bits per heavy atom. The zero-order chi connectivity index (χ0) is 17.3. The minimum Gasteiger partial charge on any atom is -1.00 e. The number of ketones is 1. The molecule has 25 heavy (non-hydrogen) atoms. The van der Waals surface area contributed by atoms with Gasteiger partial charge in [-0.1, -0.05) is 62.6 Å². The lowest BCUT2D eigenvalue weighted by Gasteiger charge is -2.39. The molecule has 1 saturated heterocycles. The maximum atomic E-state index is 12.8. The van der Waals surface area contributed by atoms with Crippen LogP contribution in [0.2, 0.25) is 0 Å². The molecule has 0 saturated carbocycles. The average Bonchev–Trinajstić information content (AvgIpc) is 2.60. The van der Waals surface area contributed by atoms with Crippen LogP contribution in [0.3, 0.4) is 0 Å². The summed E-state index contributed by atoms with van der Waals surface area (Å²) in [5, 5.41) is 0. The van der Waals surface area contributed by atoms with Crippen molar-refractivity contribution in [3.63, 3.8) is 0 Å². The molecule has 0 radical (unpaired) electrons. The molecule has 0 amide bonds. The Balaban J connectivity index is 0.00000312. The van der Waals surface area contributed by atoms with E-state index in [9.17, 15) is 4.79 Å². The molecule has 4 heteroatoms. The van der Waals surface area contributed by atoms with E-state index in [1.165, 1.54) is 12.8 Å². The molecule has 1 aliphatic heterocycles. The Labute approximate surface area is 163 Å². The third-order valence-electron chi connectivity index (χ3n) is 5.01. The van der Waals surface area contributed by atoms with Crippen LogP contribution in [-0.2, 0) is 9.53 Å². The van der Waals surface area contributed by atoms with Gasteiger partial charge in [-0.15, -0.1) is 0 Å². The predicted molar refractivity (Wildman–Crippen MR) is 99.7 cm³/mol. The number of benzene rings is 1. The lowest BCUT2D eigenvalue weighted by Crippen LogP contribution is -3.00. The first kappa shape index (κ1) is 22.1. The summed E-state index contributed by atoms with van der Waals surface area (Å²) in [5.41, 5.74) is 1.09. The summed E-state index contributed by atoms with van der Waals surface area (Å²) in [6, 6.07) is 10.1. The van der Waals surface area contributed by atoms with Crippen LogP contribution >= 0.6 is 0 Å². The van der Waals surface area contributed by atoms with E-state index in [0.29, 0.717) is 0 Å². The topological polar surface area (TPSA) is 26.3 Å². The van der Waals surface area contributed by atoms with E-state index >= 15 is 0 Å². The van der Waals surface area contributed by atoms with Crippen LogP contribution in [0.15, 0.2) is 36.4 Å². The highest BCUT2D eigenvalue weighted by Gasteiger charge is 2.31. The molecule has 1 unspecified atom stereocenters. The van der Waals surface area contributed by atoms with Gasteiger partial charge in [0.05, 0.1) is 32.7 Å². The molecule has 0 N–H and O–H groups in total. The fourth-order valence-electron chi connectivity index (χ4n) is 3.34. The van der Waals surface area contributed by atoms with Crippen LogP contribution < -0.4 is 17.0 Å². The maximum Gasteiger partial charge on any atom is 0.164 e. The second-order valence-electron chi connectivity index (χ2n) is 7.20. The van der Waals surface area contributed by atoms with Crippen LogP contribution in [0.4, 0.5) is 0 Å². The number of hydrogen-bond donors (Lipinski definition) is 0. The standard InChI is InChI=1S/C21H32NO2.BrH/c1-3-4-6-11-20(18-22(2)14-16-24-17-15-22)21(23)13-12-19-9-7-5-8-10-19;/h5,7-10,12-13,20H,3-4,6,11,14-18H2,1-2H3;1H/q+1;/p-1/b13-12+;. The van der Waals surface area contributed by atoms with E-state index in [2.05, 4.69) is 14.0 Å². The van der Waals surface area contributed by atoms with Crippen LogP contribution in [0.1, 0.15) is 38.2 Å². The van der Waals surface area contributed by atoms with Crippen LogP contribution in [0.25, 0.3) is 6.08 Å². The van der Waals surface area contributed by atoms with E-state index in [0.717, 1.165) is 55.7 Å². The van der Waals surface area contributed by atoms with Gasteiger partial charge in [-0.2, -0.15) is 0 Å². The van der Waals surface area contributed by atoms with Gasteiger partial charge in [-0.3, -0.25) is 4.79 Å². The van der Waals surface area contributed by atoms with Crippen LogP contribution in [0.5, 0.6) is 0 Å². The molecule has 0 spiro atoms. The van der Waals surface area contributed by atoms with Gasteiger partial charge in [0.25, 0.3) is 0 Å². The molecule has 1 atom stereocenters. The minimum atomic E-state index is 0.